The Morgan fingerprint density at radius 1 is 0.271 bits per heavy atom. The third-order valence-corrected chi connectivity index (χ3v) is 13.1. The molecule has 0 aliphatic rings. The number of amides is 1. The molecule has 0 saturated heterocycles. The predicted octanol–water partition coefficient (Wildman–Crippen LogP) is 18.6. The van der Waals surface area contributed by atoms with Crippen molar-refractivity contribution in [3.63, 3.8) is 0 Å². The lowest BCUT2D eigenvalue weighted by atomic mass is 10.0. The molecule has 0 unspecified atom stereocenters. The molecule has 0 aliphatic heterocycles. The Balaban J connectivity index is 4.80. The minimum Gasteiger partial charge on any atom is -0.343 e. The molecule has 0 rings (SSSR count). The van der Waals surface area contributed by atoms with Gasteiger partial charge in [-0.05, 0) is 75.4 Å². The first-order chi connectivity index (χ1) is 28.6. The summed E-state index contributed by atoms with van der Waals surface area (Å²) in [6.07, 6.45) is 51.4. The fourth-order valence-electron chi connectivity index (χ4n) is 9.04. The second kappa shape index (κ2) is 45.5. The van der Waals surface area contributed by atoms with E-state index in [0.717, 1.165) is 56.1 Å². The van der Waals surface area contributed by atoms with Crippen molar-refractivity contribution in [2.24, 2.45) is 23.7 Å². The standard InChI is InChI=1S/C56H114N2O/c1-52(2)42-33-25-17-9-13-21-29-37-47-57(48-38-30-22-14-10-18-26-34-43-53(3)4)49-41-46-56(59)58(50-39-31-23-15-11-19-27-35-44-54(5)6)51-40-32-24-16-12-20-28-36-45-55(7)8/h52-55H,9-51H2,1-8H3. The molecule has 0 aromatic heterocycles. The summed E-state index contributed by atoms with van der Waals surface area (Å²) in [5, 5.41) is 0. The number of hydrogen-bond donors (Lipinski definition) is 0. The van der Waals surface area contributed by atoms with E-state index in [0.29, 0.717) is 5.91 Å². The molecule has 0 spiro atoms. The van der Waals surface area contributed by atoms with Crippen molar-refractivity contribution in [3.05, 3.63) is 0 Å². The van der Waals surface area contributed by atoms with Gasteiger partial charge in [0, 0.05) is 19.5 Å². The van der Waals surface area contributed by atoms with Crippen LogP contribution in [0.3, 0.4) is 0 Å². The summed E-state index contributed by atoms with van der Waals surface area (Å²) in [6.45, 7) is 24.4. The van der Waals surface area contributed by atoms with Crippen molar-refractivity contribution < 1.29 is 4.79 Å². The van der Waals surface area contributed by atoms with Crippen LogP contribution in [-0.4, -0.2) is 48.4 Å². The molecule has 0 heterocycles. The van der Waals surface area contributed by atoms with Crippen LogP contribution >= 0.6 is 0 Å². The molecule has 0 saturated carbocycles. The number of carbonyl (C=O) groups is 1. The minimum atomic E-state index is 0.446. The van der Waals surface area contributed by atoms with Crippen LogP contribution in [0.25, 0.3) is 0 Å². The van der Waals surface area contributed by atoms with Crippen molar-refractivity contribution in [1.82, 2.24) is 9.80 Å². The quantitative estimate of drug-likeness (QED) is 0.0570. The maximum absolute atomic E-state index is 13.8. The molecule has 0 aromatic carbocycles. The highest BCUT2D eigenvalue weighted by molar-refractivity contribution is 5.76. The summed E-state index contributed by atoms with van der Waals surface area (Å²) >= 11 is 0. The van der Waals surface area contributed by atoms with Crippen LogP contribution in [0, 0.1) is 23.7 Å². The Bertz CT molecular complexity index is 765. The number of carbonyl (C=O) groups excluding carboxylic acids is 1. The Kier molecular flexibility index (Phi) is 45.0. The zero-order valence-corrected chi connectivity index (χ0v) is 42.5. The zero-order chi connectivity index (χ0) is 43.4. The van der Waals surface area contributed by atoms with E-state index in [1.165, 1.54) is 244 Å². The fraction of sp³-hybridized carbons (Fsp3) is 0.982. The summed E-state index contributed by atoms with van der Waals surface area (Å²) in [7, 11) is 0. The van der Waals surface area contributed by atoms with Crippen molar-refractivity contribution in [2.45, 2.75) is 299 Å². The van der Waals surface area contributed by atoms with Gasteiger partial charge in [-0.15, -0.1) is 0 Å². The highest BCUT2D eigenvalue weighted by Gasteiger charge is 2.14. The number of rotatable bonds is 48. The van der Waals surface area contributed by atoms with Crippen molar-refractivity contribution in [2.75, 3.05) is 32.7 Å². The van der Waals surface area contributed by atoms with Gasteiger partial charge in [-0.3, -0.25) is 4.79 Å². The van der Waals surface area contributed by atoms with E-state index in [2.05, 4.69) is 65.2 Å². The lowest BCUT2D eigenvalue weighted by molar-refractivity contribution is -0.131. The molecule has 0 atom stereocenters. The van der Waals surface area contributed by atoms with E-state index in [1.807, 2.05) is 0 Å². The van der Waals surface area contributed by atoms with Gasteiger partial charge in [-0.1, -0.05) is 261 Å². The summed E-state index contributed by atoms with van der Waals surface area (Å²) in [6, 6.07) is 0. The zero-order valence-electron chi connectivity index (χ0n) is 42.5. The first-order valence-electron chi connectivity index (χ1n) is 27.6. The normalized spacial score (nSPS) is 12.1. The van der Waals surface area contributed by atoms with Crippen LogP contribution in [-0.2, 0) is 4.79 Å². The van der Waals surface area contributed by atoms with Crippen LogP contribution in [0.15, 0.2) is 0 Å². The minimum absolute atomic E-state index is 0.446. The van der Waals surface area contributed by atoms with Crippen molar-refractivity contribution in [1.29, 1.82) is 0 Å². The van der Waals surface area contributed by atoms with Gasteiger partial charge in [0.25, 0.3) is 0 Å². The number of unbranched alkanes of at least 4 members (excludes halogenated alkanes) is 28. The Hall–Kier alpha value is -0.570. The van der Waals surface area contributed by atoms with E-state index >= 15 is 0 Å². The van der Waals surface area contributed by atoms with E-state index in [-0.39, 0.29) is 0 Å². The van der Waals surface area contributed by atoms with Gasteiger partial charge in [0.1, 0.15) is 0 Å². The van der Waals surface area contributed by atoms with E-state index in [9.17, 15) is 4.79 Å². The first-order valence-corrected chi connectivity index (χ1v) is 27.6. The Labute approximate surface area is 374 Å². The second-order valence-corrected chi connectivity index (χ2v) is 21.4. The molecule has 3 heteroatoms. The molecule has 3 nitrogen and oxygen atoms in total. The lowest BCUT2D eigenvalue weighted by Gasteiger charge is -2.25. The molecular weight excluding hydrogens is 717 g/mol. The largest absolute Gasteiger partial charge is 0.343 e. The molecule has 0 aromatic rings. The second-order valence-electron chi connectivity index (χ2n) is 21.4. The van der Waals surface area contributed by atoms with Crippen LogP contribution in [0.4, 0.5) is 0 Å². The van der Waals surface area contributed by atoms with Crippen LogP contribution < -0.4 is 0 Å². The molecule has 1 amide bonds. The summed E-state index contributed by atoms with van der Waals surface area (Å²) in [5.41, 5.74) is 0. The lowest BCUT2D eigenvalue weighted by Crippen LogP contribution is -2.34. The molecule has 0 aliphatic carbocycles. The summed E-state index contributed by atoms with van der Waals surface area (Å²) in [4.78, 5) is 18.8. The van der Waals surface area contributed by atoms with E-state index in [1.54, 1.807) is 0 Å². The molecule has 0 fully saturated rings. The molecular formula is C56H114N2O. The maximum atomic E-state index is 13.8. The third kappa shape index (κ3) is 46.8. The van der Waals surface area contributed by atoms with Crippen LogP contribution in [0.2, 0.25) is 0 Å². The Morgan fingerprint density at radius 3 is 0.729 bits per heavy atom. The number of nitrogens with zero attached hydrogens (tertiary/aromatic N) is 2. The maximum Gasteiger partial charge on any atom is 0.222 e. The number of hydrogen-bond acceptors (Lipinski definition) is 2. The molecule has 0 bridgehead atoms. The summed E-state index contributed by atoms with van der Waals surface area (Å²) in [5.74, 6) is 3.86. The van der Waals surface area contributed by atoms with Gasteiger partial charge in [0.2, 0.25) is 5.91 Å². The molecule has 0 N–H and O–H groups in total. The van der Waals surface area contributed by atoms with E-state index < -0.39 is 0 Å². The third-order valence-electron chi connectivity index (χ3n) is 13.1. The highest BCUT2D eigenvalue weighted by Crippen LogP contribution is 2.18. The van der Waals surface area contributed by atoms with Crippen molar-refractivity contribution >= 4 is 5.91 Å². The fourth-order valence-corrected chi connectivity index (χ4v) is 9.04. The van der Waals surface area contributed by atoms with Gasteiger partial charge < -0.3 is 9.80 Å². The monoisotopic (exact) mass is 831 g/mol. The van der Waals surface area contributed by atoms with Gasteiger partial charge in [-0.25, -0.2) is 0 Å². The van der Waals surface area contributed by atoms with Crippen LogP contribution in [0.5, 0.6) is 0 Å². The topological polar surface area (TPSA) is 23.6 Å². The highest BCUT2D eigenvalue weighted by atomic mass is 16.2. The van der Waals surface area contributed by atoms with Crippen LogP contribution in [0.1, 0.15) is 299 Å². The average molecular weight is 832 g/mol. The molecule has 0 radical (unpaired) electrons. The predicted molar refractivity (Wildman–Crippen MR) is 268 cm³/mol. The molecule has 59 heavy (non-hydrogen) atoms. The van der Waals surface area contributed by atoms with Gasteiger partial charge in [0.15, 0.2) is 0 Å². The van der Waals surface area contributed by atoms with E-state index in [4.69, 9.17) is 0 Å². The smallest absolute Gasteiger partial charge is 0.222 e. The van der Waals surface area contributed by atoms with Gasteiger partial charge in [0.05, 0.1) is 0 Å². The average Bonchev–Trinajstić information content (AvgIpc) is 3.18. The van der Waals surface area contributed by atoms with Gasteiger partial charge in [-0.2, -0.15) is 0 Å². The van der Waals surface area contributed by atoms with Crippen molar-refractivity contribution in [3.8, 4) is 0 Å². The SMILES string of the molecule is CC(C)CCCCCCCCCCN(CCCCCCCCCCC(C)C)CCCC(=O)N(CCCCCCCCCCC(C)C)CCCCCCCCCCC(C)C. The Morgan fingerprint density at radius 2 is 0.475 bits per heavy atom. The summed E-state index contributed by atoms with van der Waals surface area (Å²) < 4.78 is 0. The van der Waals surface area contributed by atoms with Gasteiger partial charge >= 0.3 is 0 Å². The molecule has 354 valence electrons. The first kappa shape index (κ1) is 58.4.